The zero-order chi connectivity index (χ0) is 12.7. The number of hydrogen-bond donors (Lipinski definition) is 0. The predicted molar refractivity (Wildman–Crippen MR) is 67.8 cm³/mol. The Kier molecular flexibility index (Phi) is 5.06. The van der Waals surface area contributed by atoms with Gasteiger partial charge in [-0.1, -0.05) is 6.92 Å². The van der Waals surface area contributed by atoms with Crippen LogP contribution in [0.3, 0.4) is 0 Å². The number of nitrogens with zero attached hydrogens (tertiary/aromatic N) is 4. The standard InChI is InChI=1S/C11H16N4O2/c1-3-7-14(8-6-12-2)10-4-5-13-9-11(10)15(16)17/h4-5,9H,2-3,6-8H2,1H3. The summed E-state index contributed by atoms with van der Waals surface area (Å²) in [6, 6.07) is 1.66. The Bertz CT molecular complexity index is 395. The minimum atomic E-state index is -0.410. The van der Waals surface area contributed by atoms with Crippen molar-refractivity contribution >= 4 is 18.1 Å². The van der Waals surface area contributed by atoms with Gasteiger partial charge in [0.2, 0.25) is 0 Å². The van der Waals surface area contributed by atoms with E-state index in [0.29, 0.717) is 18.8 Å². The van der Waals surface area contributed by atoms with Gasteiger partial charge in [0.05, 0.1) is 11.5 Å². The molecular weight excluding hydrogens is 220 g/mol. The van der Waals surface area contributed by atoms with E-state index in [-0.39, 0.29) is 5.69 Å². The van der Waals surface area contributed by atoms with Gasteiger partial charge in [-0.3, -0.25) is 20.1 Å². The molecule has 0 saturated carbocycles. The van der Waals surface area contributed by atoms with E-state index >= 15 is 0 Å². The molecular formula is C11H16N4O2. The molecule has 0 aliphatic carbocycles. The second kappa shape index (κ2) is 6.57. The van der Waals surface area contributed by atoms with Gasteiger partial charge >= 0.3 is 5.69 Å². The van der Waals surface area contributed by atoms with Crippen molar-refractivity contribution in [1.29, 1.82) is 0 Å². The van der Waals surface area contributed by atoms with Crippen LogP contribution in [0.1, 0.15) is 13.3 Å². The van der Waals surface area contributed by atoms with Crippen molar-refractivity contribution in [2.45, 2.75) is 13.3 Å². The highest BCUT2D eigenvalue weighted by Gasteiger charge is 2.18. The predicted octanol–water partition coefficient (Wildman–Crippen LogP) is 1.91. The van der Waals surface area contributed by atoms with Crippen molar-refractivity contribution < 1.29 is 4.92 Å². The summed E-state index contributed by atoms with van der Waals surface area (Å²) in [7, 11) is 0. The molecule has 92 valence electrons. The molecule has 0 bridgehead atoms. The van der Waals surface area contributed by atoms with Gasteiger partial charge in [-0.25, -0.2) is 0 Å². The molecule has 0 amide bonds. The summed E-state index contributed by atoms with van der Waals surface area (Å²) >= 11 is 0. The highest BCUT2D eigenvalue weighted by Crippen LogP contribution is 2.26. The minimum absolute atomic E-state index is 0.0324. The molecule has 17 heavy (non-hydrogen) atoms. The summed E-state index contributed by atoms with van der Waals surface area (Å²) < 4.78 is 0. The Balaban J connectivity index is 2.99. The fourth-order valence-electron chi connectivity index (χ4n) is 1.60. The molecule has 0 unspecified atom stereocenters. The van der Waals surface area contributed by atoms with Crippen LogP contribution in [0.5, 0.6) is 0 Å². The molecule has 0 saturated heterocycles. The molecule has 6 heteroatoms. The molecule has 0 spiro atoms. The van der Waals surface area contributed by atoms with Crippen molar-refractivity contribution in [2.24, 2.45) is 4.99 Å². The number of nitro groups is 1. The average Bonchev–Trinajstić information content (AvgIpc) is 2.34. The van der Waals surface area contributed by atoms with Crippen LogP contribution in [0.15, 0.2) is 23.5 Å². The summed E-state index contributed by atoms with van der Waals surface area (Å²) in [5.41, 5.74) is 0.625. The van der Waals surface area contributed by atoms with Gasteiger partial charge in [0.15, 0.2) is 0 Å². The van der Waals surface area contributed by atoms with Crippen LogP contribution >= 0.6 is 0 Å². The van der Waals surface area contributed by atoms with Gasteiger partial charge in [-0.2, -0.15) is 0 Å². The van der Waals surface area contributed by atoms with Crippen LogP contribution in [0.25, 0.3) is 0 Å². The Morgan fingerprint density at radius 2 is 2.35 bits per heavy atom. The molecule has 0 atom stereocenters. The maximum Gasteiger partial charge on any atom is 0.310 e. The van der Waals surface area contributed by atoms with Crippen LogP contribution < -0.4 is 4.90 Å². The Morgan fingerprint density at radius 3 is 2.94 bits per heavy atom. The van der Waals surface area contributed by atoms with Crippen LogP contribution in [0.2, 0.25) is 0 Å². The lowest BCUT2D eigenvalue weighted by Gasteiger charge is -2.22. The third-order valence-electron chi connectivity index (χ3n) is 2.34. The van der Waals surface area contributed by atoms with E-state index in [1.54, 1.807) is 12.3 Å². The molecule has 1 aromatic heterocycles. The highest BCUT2D eigenvalue weighted by molar-refractivity contribution is 5.61. The summed E-state index contributed by atoms with van der Waals surface area (Å²) in [4.78, 5) is 20.0. The maximum atomic E-state index is 10.9. The van der Waals surface area contributed by atoms with Crippen molar-refractivity contribution in [3.8, 4) is 0 Å². The zero-order valence-electron chi connectivity index (χ0n) is 9.87. The van der Waals surface area contributed by atoms with Gasteiger partial charge in [-0.15, -0.1) is 0 Å². The third kappa shape index (κ3) is 3.51. The number of hydrogen-bond acceptors (Lipinski definition) is 5. The third-order valence-corrected chi connectivity index (χ3v) is 2.34. The normalized spacial score (nSPS) is 9.94. The molecule has 1 rings (SSSR count). The fourth-order valence-corrected chi connectivity index (χ4v) is 1.60. The van der Waals surface area contributed by atoms with E-state index in [9.17, 15) is 10.1 Å². The SMILES string of the molecule is C=NCCN(CCC)c1ccncc1[N+](=O)[O-]. The molecule has 6 nitrogen and oxygen atoms in total. The number of aromatic nitrogens is 1. The quantitative estimate of drug-likeness (QED) is 0.412. The minimum Gasteiger partial charge on any atom is -0.364 e. The topological polar surface area (TPSA) is 71.6 Å². The summed E-state index contributed by atoms with van der Waals surface area (Å²) in [6.07, 6.45) is 3.75. The van der Waals surface area contributed by atoms with Gasteiger partial charge in [0.25, 0.3) is 0 Å². The first-order chi connectivity index (χ1) is 8.20. The summed E-state index contributed by atoms with van der Waals surface area (Å²) in [5.74, 6) is 0. The molecule has 1 aromatic rings. The lowest BCUT2D eigenvalue weighted by molar-refractivity contribution is -0.384. The van der Waals surface area contributed by atoms with E-state index in [2.05, 4.69) is 16.7 Å². The van der Waals surface area contributed by atoms with E-state index < -0.39 is 4.92 Å². The van der Waals surface area contributed by atoms with Gasteiger partial charge in [-0.05, 0) is 19.2 Å². The highest BCUT2D eigenvalue weighted by atomic mass is 16.6. The Labute approximate surface area is 100 Å². The smallest absolute Gasteiger partial charge is 0.310 e. The summed E-state index contributed by atoms with van der Waals surface area (Å²) in [6.45, 7) is 7.38. The molecule has 0 radical (unpaired) electrons. The molecule has 0 aliphatic heterocycles. The summed E-state index contributed by atoms with van der Waals surface area (Å²) in [5, 5.41) is 10.9. The zero-order valence-corrected chi connectivity index (χ0v) is 9.87. The molecule has 0 fully saturated rings. The molecule has 1 heterocycles. The van der Waals surface area contributed by atoms with Crippen molar-refractivity contribution in [3.05, 3.63) is 28.6 Å². The van der Waals surface area contributed by atoms with Crippen molar-refractivity contribution in [2.75, 3.05) is 24.5 Å². The van der Waals surface area contributed by atoms with Crippen LogP contribution in [-0.4, -0.2) is 36.3 Å². The molecule has 0 aromatic carbocycles. The fraction of sp³-hybridized carbons (Fsp3) is 0.455. The maximum absolute atomic E-state index is 10.9. The lowest BCUT2D eigenvalue weighted by Crippen LogP contribution is -2.27. The lowest BCUT2D eigenvalue weighted by atomic mass is 10.3. The second-order valence-corrected chi connectivity index (χ2v) is 3.56. The van der Waals surface area contributed by atoms with Gasteiger partial charge in [0, 0.05) is 19.3 Å². The van der Waals surface area contributed by atoms with Crippen molar-refractivity contribution in [1.82, 2.24) is 4.98 Å². The number of rotatable bonds is 7. The first-order valence-corrected chi connectivity index (χ1v) is 5.46. The monoisotopic (exact) mass is 236 g/mol. The van der Waals surface area contributed by atoms with E-state index in [0.717, 1.165) is 13.0 Å². The van der Waals surface area contributed by atoms with Crippen LogP contribution in [0.4, 0.5) is 11.4 Å². The number of pyridine rings is 1. The van der Waals surface area contributed by atoms with E-state index in [4.69, 9.17) is 0 Å². The van der Waals surface area contributed by atoms with Crippen LogP contribution in [0, 0.1) is 10.1 Å². The first-order valence-electron chi connectivity index (χ1n) is 5.46. The average molecular weight is 236 g/mol. The first kappa shape index (κ1) is 13.1. The second-order valence-electron chi connectivity index (χ2n) is 3.56. The van der Waals surface area contributed by atoms with Gasteiger partial charge in [0.1, 0.15) is 11.9 Å². The Hall–Kier alpha value is -1.98. The molecule has 0 aliphatic rings. The van der Waals surface area contributed by atoms with Crippen LogP contribution in [-0.2, 0) is 0 Å². The van der Waals surface area contributed by atoms with E-state index in [1.165, 1.54) is 6.20 Å². The van der Waals surface area contributed by atoms with E-state index in [1.807, 2.05) is 11.8 Å². The number of aliphatic imine (C=N–C) groups is 1. The largest absolute Gasteiger partial charge is 0.364 e. The molecule has 0 N–H and O–H groups in total. The Morgan fingerprint density at radius 1 is 1.59 bits per heavy atom. The van der Waals surface area contributed by atoms with Crippen molar-refractivity contribution in [3.63, 3.8) is 0 Å². The van der Waals surface area contributed by atoms with Gasteiger partial charge < -0.3 is 4.90 Å². The number of anilines is 1.